The normalized spacial score (nSPS) is 14.4. The fourth-order valence-corrected chi connectivity index (χ4v) is 3.46. The molecule has 0 bridgehead atoms. The molecule has 172 valence electrons. The second-order valence-electron chi connectivity index (χ2n) is 7.93. The van der Waals surface area contributed by atoms with Gasteiger partial charge >= 0.3 is 0 Å². The Balaban J connectivity index is 0.00000341. The molecule has 7 nitrogen and oxygen atoms in total. The van der Waals surface area contributed by atoms with E-state index in [0.29, 0.717) is 19.0 Å². The molecule has 0 atom stereocenters. The molecule has 1 aliphatic carbocycles. The minimum absolute atomic E-state index is 0. The largest absolute Gasteiger partial charge is 0.493 e. The Morgan fingerprint density at radius 3 is 2.61 bits per heavy atom. The number of aromatic nitrogens is 1. The highest BCUT2D eigenvalue weighted by atomic mass is 127. The number of aliphatic imine (C=N–C) groups is 1. The number of nitrogens with zero attached hydrogens (tertiary/aromatic N) is 2. The van der Waals surface area contributed by atoms with Gasteiger partial charge in [-0.05, 0) is 56.2 Å². The van der Waals surface area contributed by atoms with E-state index in [1.165, 1.54) is 12.8 Å². The van der Waals surface area contributed by atoms with Crippen LogP contribution in [0.4, 0.5) is 0 Å². The average molecular weight is 542 g/mol. The van der Waals surface area contributed by atoms with Crippen molar-refractivity contribution < 1.29 is 14.0 Å². The number of rotatable bonds is 9. The van der Waals surface area contributed by atoms with Crippen LogP contribution < -0.4 is 20.1 Å². The van der Waals surface area contributed by atoms with Gasteiger partial charge in [-0.2, -0.15) is 0 Å². The van der Waals surface area contributed by atoms with Crippen LogP contribution in [0.5, 0.6) is 11.5 Å². The predicted octanol–water partition coefficient (Wildman–Crippen LogP) is 5.00. The fraction of sp³-hybridized carbons (Fsp3) is 0.565. The summed E-state index contributed by atoms with van der Waals surface area (Å²) in [6, 6.07) is 8.00. The summed E-state index contributed by atoms with van der Waals surface area (Å²) in [5.74, 6) is 3.44. The number of methoxy groups -OCH3 is 1. The molecule has 1 aromatic carbocycles. The molecule has 0 aliphatic heterocycles. The van der Waals surface area contributed by atoms with E-state index in [2.05, 4.69) is 29.6 Å². The van der Waals surface area contributed by atoms with Crippen molar-refractivity contribution in [1.82, 2.24) is 15.8 Å². The Kier molecular flexibility index (Phi) is 10.4. The van der Waals surface area contributed by atoms with E-state index >= 15 is 0 Å². The zero-order valence-corrected chi connectivity index (χ0v) is 21.3. The maximum Gasteiger partial charge on any atom is 0.191 e. The van der Waals surface area contributed by atoms with Crippen LogP contribution >= 0.6 is 24.0 Å². The molecule has 2 aromatic rings. The van der Waals surface area contributed by atoms with Crippen LogP contribution in [0.2, 0.25) is 0 Å². The second kappa shape index (κ2) is 12.8. The zero-order chi connectivity index (χ0) is 21.3. The number of nitrogens with one attached hydrogen (secondary N) is 2. The van der Waals surface area contributed by atoms with Crippen LogP contribution in [0.3, 0.4) is 0 Å². The van der Waals surface area contributed by atoms with Crippen molar-refractivity contribution >= 4 is 29.9 Å². The molecule has 0 saturated heterocycles. The Bertz CT molecular complexity index is 832. The standard InChI is InChI=1S/C23H34N4O3.HI/c1-5-24-23(26-15-19-13-20(16(2)3)27-30-19)25-14-17-10-11-21(28-4)22(12-17)29-18-8-6-7-9-18;/h10-13,16,18H,5-9,14-15H2,1-4H3,(H2,24,25,26);1H. The Hall–Kier alpha value is -1.97. The van der Waals surface area contributed by atoms with E-state index in [-0.39, 0.29) is 30.1 Å². The lowest BCUT2D eigenvalue weighted by Gasteiger charge is -2.16. The predicted molar refractivity (Wildman–Crippen MR) is 134 cm³/mol. The first-order chi connectivity index (χ1) is 14.6. The summed E-state index contributed by atoms with van der Waals surface area (Å²) >= 11 is 0. The monoisotopic (exact) mass is 542 g/mol. The first-order valence-corrected chi connectivity index (χ1v) is 10.9. The summed E-state index contributed by atoms with van der Waals surface area (Å²) < 4.78 is 17.1. The number of hydrogen-bond donors (Lipinski definition) is 2. The van der Waals surface area contributed by atoms with Crippen molar-refractivity contribution in [2.75, 3.05) is 13.7 Å². The molecule has 1 heterocycles. The van der Waals surface area contributed by atoms with E-state index in [9.17, 15) is 0 Å². The number of guanidine groups is 1. The van der Waals surface area contributed by atoms with Crippen LogP contribution in [-0.4, -0.2) is 30.9 Å². The lowest BCUT2D eigenvalue weighted by Crippen LogP contribution is -2.36. The molecule has 8 heteroatoms. The van der Waals surface area contributed by atoms with E-state index in [4.69, 9.17) is 19.0 Å². The highest BCUT2D eigenvalue weighted by Gasteiger charge is 2.18. The van der Waals surface area contributed by atoms with Gasteiger partial charge in [0.1, 0.15) is 0 Å². The van der Waals surface area contributed by atoms with E-state index < -0.39 is 0 Å². The molecule has 1 fully saturated rings. The molecular formula is C23H35IN4O3. The van der Waals surface area contributed by atoms with Crippen LogP contribution in [0.15, 0.2) is 33.8 Å². The van der Waals surface area contributed by atoms with Crippen LogP contribution in [0.25, 0.3) is 0 Å². The molecule has 2 N–H and O–H groups in total. The summed E-state index contributed by atoms with van der Waals surface area (Å²) in [4.78, 5) is 4.71. The van der Waals surface area contributed by atoms with Gasteiger partial charge < -0.3 is 24.6 Å². The Morgan fingerprint density at radius 1 is 1.19 bits per heavy atom. The minimum atomic E-state index is 0. The van der Waals surface area contributed by atoms with Gasteiger partial charge in [-0.3, -0.25) is 0 Å². The minimum Gasteiger partial charge on any atom is -0.493 e. The molecular weight excluding hydrogens is 507 g/mol. The van der Waals surface area contributed by atoms with E-state index in [0.717, 1.165) is 53.9 Å². The van der Waals surface area contributed by atoms with Gasteiger partial charge in [0, 0.05) is 12.6 Å². The molecule has 0 amide bonds. The second-order valence-corrected chi connectivity index (χ2v) is 7.93. The third kappa shape index (κ3) is 7.59. The van der Waals surface area contributed by atoms with Crippen molar-refractivity contribution in [3.05, 3.63) is 41.3 Å². The third-order valence-electron chi connectivity index (χ3n) is 5.19. The maximum atomic E-state index is 6.20. The molecule has 0 unspecified atom stereocenters. The number of halogens is 1. The summed E-state index contributed by atoms with van der Waals surface area (Å²) in [6.07, 6.45) is 4.98. The van der Waals surface area contributed by atoms with Gasteiger partial charge in [-0.15, -0.1) is 24.0 Å². The van der Waals surface area contributed by atoms with Gasteiger partial charge in [-0.25, -0.2) is 4.99 Å². The van der Waals surface area contributed by atoms with Crippen molar-refractivity contribution in [3.63, 3.8) is 0 Å². The van der Waals surface area contributed by atoms with Crippen molar-refractivity contribution in [2.24, 2.45) is 4.99 Å². The topological polar surface area (TPSA) is 80.9 Å². The number of benzene rings is 1. The molecule has 1 aromatic heterocycles. The van der Waals surface area contributed by atoms with Gasteiger partial charge in [-0.1, -0.05) is 25.1 Å². The fourth-order valence-electron chi connectivity index (χ4n) is 3.46. The van der Waals surface area contributed by atoms with Crippen molar-refractivity contribution in [1.29, 1.82) is 0 Å². The van der Waals surface area contributed by atoms with Gasteiger partial charge in [0.2, 0.25) is 0 Å². The molecule has 0 spiro atoms. The van der Waals surface area contributed by atoms with Gasteiger partial charge in [0.15, 0.2) is 23.2 Å². The number of hydrogen-bond acceptors (Lipinski definition) is 5. The smallest absolute Gasteiger partial charge is 0.191 e. The first-order valence-electron chi connectivity index (χ1n) is 10.9. The third-order valence-corrected chi connectivity index (χ3v) is 5.19. The maximum absolute atomic E-state index is 6.20. The average Bonchev–Trinajstić information content (AvgIpc) is 3.42. The van der Waals surface area contributed by atoms with Gasteiger partial charge in [0.25, 0.3) is 0 Å². The lowest BCUT2D eigenvalue weighted by atomic mass is 10.1. The van der Waals surface area contributed by atoms with Gasteiger partial charge in [0.05, 0.1) is 32.0 Å². The summed E-state index contributed by atoms with van der Waals surface area (Å²) in [5, 5.41) is 10.7. The molecule has 31 heavy (non-hydrogen) atoms. The Morgan fingerprint density at radius 2 is 1.97 bits per heavy atom. The molecule has 1 saturated carbocycles. The molecule has 1 aliphatic rings. The van der Waals surface area contributed by atoms with Crippen molar-refractivity contribution in [2.45, 2.75) is 71.6 Å². The van der Waals surface area contributed by atoms with E-state index in [1.54, 1.807) is 7.11 Å². The summed E-state index contributed by atoms with van der Waals surface area (Å²) in [7, 11) is 1.68. The van der Waals surface area contributed by atoms with Crippen LogP contribution in [-0.2, 0) is 13.1 Å². The van der Waals surface area contributed by atoms with E-state index in [1.807, 2.05) is 31.2 Å². The SMILES string of the molecule is CCNC(=NCc1ccc(OC)c(OC2CCCC2)c1)NCc1cc(C(C)C)no1.I. The molecule has 0 radical (unpaired) electrons. The quantitative estimate of drug-likeness (QED) is 0.264. The van der Waals surface area contributed by atoms with Crippen LogP contribution in [0, 0.1) is 0 Å². The zero-order valence-electron chi connectivity index (χ0n) is 18.9. The lowest BCUT2D eigenvalue weighted by molar-refractivity contribution is 0.200. The highest BCUT2D eigenvalue weighted by Crippen LogP contribution is 2.32. The highest BCUT2D eigenvalue weighted by molar-refractivity contribution is 14.0. The summed E-state index contributed by atoms with van der Waals surface area (Å²) in [6.45, 7) is 8.08. The number of ether oxygens (including phenoxy) is 2. The van der Waals surface area contributed by atoms with Crippen molar-refractivity contribution in [3.8, 4) is 11.5 Å². The summed E-state index contributed by atoms with van der Waals surface area (Å²) in [5.41, 5.74) is 2.03. The molecule has 3 rings (SSSR count). The Labute approximate surface area is 202 Å². The van der Waals surface area contributed by atoms with Crippen LogP contribution in [0.1, 0.15) is 69.4 Å². The first kappa shape index (κ1) is 25.3.